The van der Waals surface area contributed by atoms with Gasteiger partial charge in [-0.2, -0.15) is 0 Å². The third-order valence-electron chi connectivity index (χ3n) is 4.50. The van der Waals surface area contributed by atoms with E-state index in [1.54, 1.807) is 12.1 Å². The molecule has 0 bridgehead atoms. The molecule has 1 aromatic rings. The molecule has 0 unspecified atom stereocenters. The molecule has 1 aromatic carbocycles. The molecular formula is C17H28IN3O. The van der Waals surface area contributed by atoms with Crippen molar-refractivity contribution in [2.45, 2.75) is 46.1 Å². The molecule has 0 radical (unpaired) electrons. The van der Waals surface area contributed by atoms with Gasteiger partial charge in [0.1, 0.15) is 5.75 Å². The van der Waals surface area contributed by atoms with Gasteiger partial charge in [0.2, 0.25) is 0 Å². The van der Waals surface area contributed by atoms with Crippen LogP contribution in [0.3, 0.4) is 0 Å². The van der Waals surface area contributed by atoms with Gasteiger partial charge in [-0.25, -0.2) is 4.99 Å². The van der Waals surface area contributed by atoms with Gasteiger partial charge in [-0.1, -0.05) is 25.5 Å². The van der Waals surface area contributed by atoms with E-state index in [4.69, 9.17) is 0 Å². The van der Waals surface area contributed by atoms with Crippen molar-refractivity contribution in [1.82, 2.24) is 10.6 Å². The number of halogens is 1. The van der Waals surface area contributed by atoms with E-state index in [2.05, 4.69) is 29.5 Å². The Hall–Kier alpha value is -0.980. The first kappa shape index (κ1) is 19.1. The van der Waals surface area contributed by atoms with Gasteiger partial charge in [0, 0.05) is 13.1 Å². The number of aromatic hydroxyl groups is 1. The Balaban J connectivity index is 0.00000242. The maximum atomic E-state index is 9.29. The standard InChI is InChI=1S/C17H27N3O.HI/c1-3-17(10-5-11-17)13-20-16(18-4-2)19-12-14-6-8-15(21)9-7-14;/h6-9,21H,3-5,10-13H2,1-2H3,(H2,18,19,20);1H. The van der Waals surface area contributed by atoms with E-state index >= 15 is 0 Å². The molecule has 5 heteroatoms. The van der Waals surface area contributed by atoms with E-state index < -0.39 is 0 Å². The van der Waals surface area contributed by atoms with Crippen molar-refractivity contribution >= 4 is 29.9 Å². The molecule has 0 saturated heterocycles. The SMILES string of the molecule is CCNC(=NCc1ccc(O)cc1)NCC1(CC)CCC1.I. The van der Waals surface area contributed by atoms with Crippen molar-refractivity contribution in [2.75, 3.05) is 13.1 Å². The van der Waals surface area contributed by atoms with Crippen LogP contribution >= 0.6 is 24.0 Å². The number of nitrogens with zero attached hydrogens (tertiary/aromatic N) is 1. The second kappa shape index (κ2) is 9.22. The maximum absolute atomic E-state index is 9.29. The first-order chi connectivity index (χ1) is 10.2. The normalized spacial score (nSPS) is 16.4. The number of aliphatic imine (C=N–C) groups is 1. The number of phenols is 1. The Bertz CT molecular complexity index is 464. The fraction of sp³-hybridized carbons (Fsp3) is 0.588. The minimum absolute atomic E-state index is 0. The average Bonchev–Trinajstić information content (AvgIpc) is 2.45. The Morgan fingerprint density at radius 1 is 1.18 bits per heavy atom. The highest BCUT2D eigenvalue weighted by molar-refractivity contribution is 14.0. The summed E-state index contributed by atoms with van der Waals surface area (Å²) in [6, 6.07) is 7.21. The van der Waals surface area contributed by atoms with E-state index in [-0.39, 0.29) is 24.0 Å². The Kier molecular flexibility index (Phi) is 8.00. The second-order valence-electron chi connectivity index (χ2n) is 5.92. The molecule has 0 atom stereocenters. The van der Waals surface area contributed by atoms with Crippen LogP contribution in [-0.4, -0.2) is 24.2 Å². The van der Waals surface area contributed by atoms with Gasteiger partial charge in [-0.3, -0.25) is 0 Å². The van der Waals surface area contributed by atoms with Gasteiger partial charge < -0.3 is 15.7 Å². The highest BCUT2D eigenvalue weighted by atomic mass is 127. The molecule has 22 heavy (non-hydrogen) atoms. The third-order valence-corrected chi connectivity index (χ3v) is 4.50. The monoisotopic (exact) mass is 417 g/mol. The highest BCUT2D eigenvalue weighted by Crippen LogP contribution is 2.42. The molecule has 124 valence electrons. The molecule has 1 saturated carbocycles. The van der Waals surface area contributed by atoms with Crippen molar-refractivity contribution in [1.29, 1.82) is 0 Å². The Labute approximate surface area is 150 Å². The minimum atomic E-state index is 0. The van der Waals surface area contributed by atoms with E-state index in [1.165, 1.54) is 25.7 Å². The van der Waals surface area contributed by atoms with Gasteiger partial charge in [-0.15, -0.1) is 24.0 Å². The van der Waals surface area contributed by atoms with Crippen LogP contribution in [0.4, 0.5) is 0 Å². The highest BCUT2D eigenvalue weighted by Gasteiger charge is 2.34. The molecule has 2 rings (SSSR count). The van der Waals surface area contributed by atoms with Gasteiger partial charge in [0.15, 0.2) is 5.96 Å². The number of phenolic OH excluding ortho intramolecular Hbond substituents is 1. The van der Waals surface area contributed by atoms with Crippen LogP contribution in [-0.2, 0) is 6.54 Å². The molecule has 0 aromatic heterocycles. The van der Waals surface area contributed by atoms with Gasteiger partial charge in [0.25, 0.3) is 0 Å². The van der Waals surface area contributed by atoms with Crippen LogP contribution in [0.15, 0.2) is 29.3 Å². The summed E-state index contributed by atoms with van der Waals surface area (Å²) >= 11 is 0. The molecule has 3 N–H and O–H groups in total. The Morgan fingerprint density at radius 3 is 2.36 bits per heavy atom. The Morgan fingerprint density at radius 2 is 1.86 bits per heavy atom. The van der Waals surface area contributed by atoms with Gasteiger partial charge >= 0.3 is 0 Å². The van der Waals surface area contributed by atoms with E-state index in [9.17, 15) is 5.11 Å². The number of hydrogen-bond donors (Lipinski definition) is 3. The summed E-state index contributed by atoms with van der Waals surface area (Å²) in [5.41, 5.74) is 1.58. The summed E-state index contributed by atoms with van der Waals surface area (Å²) in [5, 5.41) is 16.1. The van der Waals surface area contributed by atoms with Crippen LogP contribution in [0, 0.1) is 5.41 Å². The summed E-state index contributed by atoms with van der Waals surface area (Å²) in [7, 11) is 0. The van der Waals surface area contributed by atoms with Crippen molar-refractivity contribution < 1.29 is 5.11 Å². The van der Waals surface area contributed by atoms with Crippen LogP contribution in [0.1, 0.15) is 45.1 Å². The van der Waals surface area contributed by atoms with Crippen molar-refractivity contribution in [3.05, 3.63) is 29.8 Å². The summed E-state index contributed by atoms with van der Waals surface area (Å²) in [4.78, 5) is 4.62. The lowest BCUT2D eigenvalue weighted by molar-refractivity contribution is 0.131. The molecular weight excluding hydrogens is 389 g/mol. The maximum Gasteiger partial charge on any atom is 0.191 e. The van der Waals surface area contributed by atoms with Crippen molar-refractivity contribution in [3.8, 4) is 5.75 Å². The lowest BCUT2D eigenvalue weighted by Gasteiger charge is -2.41. The fourth-order valence-corrected chi connectivity index (χ4v) is 2.72. The molecule has 0 spiro atoms. The summed E-state index contributed by atoms with van der Waals surface area (Å²) < 4.78 is 0. The molecule has 1 aliphatic carbocycles. The van der Waals surface area contributed by atoms with Crippen molar-refractivity contribution in [3.63, 3.8) is 0 Å². The van der Waals surface area contributed by atoms with E-state index in [0.29, 0.717) is 17.7 Å². The zero-order valence-electron chi connectivity index (χ0n) is 13.6. The van der Waals surface area contributed by atoms with Crippen LogP contribution in [0.5, 0.6) is 5.75 Å². The largest absolute Gasteiger partial charge is 0.508 e. The molecule has 0 heterocycles. The van der Waals surface area contributed by atoms with E-state index in [0.717, 1.165) is 24.6 Å². The number of guanidine groups is 1. The number of hydrogen-bond acceptors (Lipinski definition) is 2. The van der Waals surface area contributed by atoms with Crippen LogP contribution in [0.25, 0.3) is 0 Å². The van der Waals surface area contributed by atoms with Crippen molar-refractivity contribution in [2.24, 2.45) is 10.4 Å². The number of nitrogens with one attached hydrogen (secondary N) is 2. The molecule has 1 fully saturated rings. The lowest BCUT2D eigenvalue weighted by atomic mass is 9.67. The zero-order valence-corrected chi connectivity index (χ0v) is 15.9. The topological polar surface area (TPSA) is 56.7 Å². The number of benzene rings is 1. The third kappa shape index (κ3) is 5.34. The first-order valence-corrected chi connectivity index (χ1v) is 7.97. The summed E-state index contributed by atoms with van der Waals surface area (Å²) in [5.74, 6) is 1.17. The second-order valence-corrected chi connectivity index (χ2v) is 5.92. The predicted octanol–water partition coefficient (Wildman–Crippen LogP) is 3.65. The summed E-state index contributed by atoms with van der Waals surface area (Å²) in [6.07, 6.45) is 5.25. The fourth-order valence-electron chi connectivity index (χ4n) is 2.72. The van der Waals surface area contributed by atoms with E-state index in [1.807, 2.05) is 12.1 Å². The zero-order chi connectivity index (χ0) is 15.1. The number of rotatable bonds is 6. The lowest BCUT2D eigenvalue weighted by Crippen LogP contribution is -2.46. The van der Waals surface area contributed by atoms with Crippen LogP contribution in [0.2, 0.25) is 0 Å². The first-order valence-electron chi connectivity index (χ1n) is 7.97. The minimum Gasteiger partial charge on any atom is -0.508 e. The smallest absolute Gasteiger partial charge is 0.191 e. The van der Waals surface area contributed by atoms with Gasteiger partial charge in [-0.05, 0) is 49.3 Å². The quantitative estimate of drug-likeness (QED) is 0.376. The average molecular weight is 417 g/mol. The summed E-state index contributed by atoms with van der Waals surface area (Å²) in [6.45, 7) is 6.85. The molecule has 0 aliphatic heterocycles. The molecule has 4 nitrogen and oxygen atoms in total. The predicted molar refractivity (Wildman–Crippen MR) is 103 cm³/mol. The molecule has 1 aliphatic rings. The van der Waals surface area contributed by atoms with Gasteiger partial charge in [0.05, 0.1) is 6.54 Å². The van der Waals surface area contributed by atoms with Crippen LogP contribution < -0.4 is 10.6 Å². The molecule has 0 amide bonds.